The summed E-state index contributed by atoms with van der Waals surface area (Å²) in [6, 6.07) is 1.59. The van der Waals surface area contributed by atoms with E-state index in [2.05, 4.69) is 19.2 Å². The third-order valence-corrected chi connectivity index (χ3v) is 3.31. The van der Waals surface area contributed by atoms with Crippen molar-refractivity contribution >= 4 is 23.0 Å². The van der Waals surface area contributed by atoms with E-state index in [0.29, 0.717) is 10.7 Å². The zero-order valence-electron chi connectivity index (χ0n) is 8.89. The van der Waals surface area contributed by atoms with Gasteiger partial charge in [0.1, 0.15) is 5.75 Å². The van der Waals surface area contributed by atoms with E-state index in [-0.39, 0.29) is 11.2 Å². The molecule has 0 atom stereocenters. The van der Waals surface area contributed by atoms with E-state index < -0.39 is 0 Å². The van der Waals surface area contributed by atoms with Crippen LogP contribution in [0.3, 0.4) is 0 Å². The number of anilines is 2. The summed E-state index contributed by atoms with van der Waals surface area (Å²) in [6.07, 6.45) is 0.952. The molecule has 1 aliphatic heterocycles. The van der Waals surface area contributed by atoms with Crippen molar-refractivity contribution in [2.45, 2.75) is 25.7 Å². The molecule has 0 amide bonds. The predicted molar refractivity (Wildman–Crippen MR) is 63.7 cm³/mol. The van der Waals surface area contributed by atoms with Crippen molar-refractivity contribution in [2.24, 2.45) is 0 Å². The predicted octanol–water partition coefficient (Wildman–Crippen LogP) is 2.72. The first kappa shape index (κ1) is 10.4. The minimum Gasteiger partial charge on any atom is -0.505 e. The second-order valence-corrected chi connectivity index (χ2v) is 5.01. The van der Waals surface area contributed by atoms with Crippen LogP contribution in [0, 0.1) is 0 Å². The minimum absolute atomic E-state index is 0.0936. The molecule has 82 valence electrons. The normalized spacial score (nSPS) is 18.1. The molecule has 0 bridgehead atoms. The van der Waals surface area contributed by atoms with E-state index in [1.807, 2.05) is 0 Å². The summed E-state index contributed by atoms with van der Waals surface area (Å²) in [7, 11) is 0. The van der Waals surface area contributed by atoms with E-state index in [0.717, 1.165) is 24.2 Å². The maximum Gasteiger partial charge on any atom is 0.144 e. The van der Waals surface area contributed by atoms with Gasteiger partial charge in [0.15, 0.2) is 0 Å². The summed E-state index contributed by atoms with van der Waals surface area (Å²) in [5.41, 5.74) is 7.60. The van der Waals surface area contributed by atoms with Crippen molar-refractivity contribution in [3.8, 4) is 5.75 Å². The fraction of sp³-hybridized carbons (Fsp3) is 0.455. The largest absolute Gasteiger partial charge is 0.505 e. The number of halogens is 1. The van der Waals surface area contributed by atoms with Crippen molar-refractivity contribution in [2.75, 3.05) is 17.6 Å². The minimum atomic E-state index is -0.0936. The molecule has 1 heterocycles. The molecule has 2 rings (SSSR count). The Morgan fingerprint density at radius 2 is 2.20 bits per heavy atom. The van der Waals surface area contributed by atoms with Gasteiger partial charge in [0.2, 0.25) is 0 Å². The number of aromatic hydroxyl groups is 1. The van der Waals surface area contributed by atoms with Gasteiger partial charge in [-0.15, -0.1) is 0 Å². The summed E-state index contributed by atoms with van der Waals surface area (Å²) < 4.78 is 0. The van der Waals surface area contributed by atoms with Crippen molar-refractivity contribution < 1.29 is 5.11 Å². The molecule has 0 aromatic heterocycles. The van der Waals surface area contributed by atoms with Crippen molar-refractivity contribution in [3.05, 3.63) is 16.7 Å². The standard InChI is InChI=1S/C11H15ClN2O/c1-11(2)3-4-14-9-6(12)5-7(13)10(15)8(9)11/h5,14-15H,3-4,13H2,1-2H3. The Morgan fingerprint density at radius 3 is 2.87 bits per heavy atom. The lowest BCUT2D eigenvalue weighted by Crippen LogP contribution is -2.28. The summed E-state index contributed by atoms with van der Waals surface area (Å²) >= 11 is 6.09. The van der Waals surface area contributed by atoms with Crippen LogP contribution < -0.4 is 11.1 Å². The zero-order valence-corrected chi connectivity index (χ0v) is 9.65. The second kappa shape index (κ2) is 3.20. The van der Waals surface area contributed by atoms with Crippen molar-refractivity contribution in [3.63, 3.8) is 0 Å². The number of nitrogen functional groups attached to an aromatic ring is 1. The van der Waals surface area contributed by atoms with Gasteiger partial charge in [-0.2, -0.15) is 0 Å². The maximum absolute atomic E-state index is 9.98. The van der Waals surface area contributed by atoms with Crippen LogP contribution in [0.4, 0.5) is 11.4 Å². The Hall–Kier alpha value is -1.09. The molecule has 3 nitrogen and oxygen atoms in total. The lowest BCUT2D eigenvalue weighted by molar-refractivity contribution is 0.421. The van der Waals surface area contributed by atoms with Gasteiger partial charge in [-0.3, -0.25) is 0 Å². The number of nitrogens with two attached hydrogens (primary N) is 1. The molecule has 0 saturated carbocycles. The smallest absolute Gasteiger partial charge is 0.144 e. The van der Waals surface area contributed by atoms with Gasteiger partial charge in [-0.1, -0.05) is 25.4 Å². The van der Waals surface area contributed by atoms with Gasteiger partial charge in [0.05, 0.1) is 16.4 Å². The number of hydrogen-bond acceptors (Lipinski definition) is 3. The maximum atomic E-state index is 9.98. The van der Waals surface area contributed by atoms with E-state index in [9.17, 15) is 5.11 Å². The third kappa shape index (κ3) is 1.51. The average molecular weight is 227 g/mol. The van der Waals surface area contributed by atoms with Gasteiger partial charge >= 0.3 is 0 Å². The number of phenolic OH excluding ortho intramolecular Hbond substituents is 1. The third-order valence-electron chi connectivity index (χ3n) is 3.01. The van der Waals surface area contributed by atoms with E-state index in [1.165, 1.54) is 0 Å². The fourth-order valence-corrected chi connectivity index (χ4v) is 2.39. The van der Waals surface area contributed by atoms with Crippen molar-refractivity contribution in [1.82, 2.24) is 0 Å². The molecule has 1 aliphatic rings. The number of benzene rings is 1. The Kier molecular flexibility index (Phi) is 2.23. The van der Waals surface area contributed by atoms with Crippen LogP contribution in [0.15, 0.2) is 6.07 Å². The Balaban J connectivity index is 2.74. The van der Waals surface area contributed by atoms with Crippen LogP contribution >= 0.6 is 11.6 Å². The Bertz CT molecular complexity index is 416. The molecular formula is C11H15ClN2O. The molecule has 4 heteroatoms. The average Bonchev–Trinajstić information content (AvgIpc) is 2.13. The molecule has 0 unspecified atom stereocenters. The molecule has 0 aliphatic carbocycles. The topological polar surface area (TPSA) is 58.3 Å². The van der Waals surface area contributed by atoms with Gasteiger partial charge in [0, 0.05) is 12.1 Å². The van der Waals surface area contributed by atoms with E-state index >= 15 is 0 Å². The van der Waals surface area contributed by atoms with Crippen LogP contribution in [0.25, 0.3) is 0 Å². The Morgan fingerprint density at radius 1 is 1.53 bits per heavy atom. The van der Waals surface area contributed by atoms with Gasteiger partial charge in [-0.05, 0) is 17.9 Å². The number of fused-ring (bicyclic) bond motifs is 1. The first-order chi connectivity index (χ1) is 6.93. The van der Waals surface area contributed by atoms with Gasteiger partial charge in [-0.25, -0.2) is 0 Å². The number of hydrogen-bond donors (Lipinski definition) is 3. The number of phenols is 1. The number of nitrogens with one attached hydrogen (secondary N) is 1. The van der Waals surface area contributed by atoms with Gasteiger partial charge in [0.25, 0.3) is 0 Å². The molecule has 4 N–H and O–H groups in total. The molecule has 0 saturated heterocycles. The molecule has 1 aromatic carbocycles. The van der Waals surface area contributed by atoms with Crippen LogP contribution in [0.1, 0.15) is 25.8 Å². The van der Waals surface area contributed by atoms with Crippen LogP contribution in [-0.4, -0.2) is 11.7 Å². The summed E-state index contributed by atoms with van der Waals surface area (Å²) in [5.74, 6) is 0.159. The highest BCUT2D eigenvalue weighted by Crippen LogP contribution is 2.47. The first-order valence-corrected chi connectivity index (χ1v) is 5.36. The lowest BCUT2D eigenvalue weighted by Gasteiger charge is -2.34. The number of rotatable bonds is 0. The highest BCUT2D eigenvalue weighted by Gasteiger charge is 2.32. The lowest BCUT2D eigenvalue weighted by atomic mass is 9.77. The van der Waals surface area contributed by atoms with Gasteiger partial charge < -0.3 is 16.2 Å². The molecule has 0 radical (unpaired) electrons. The van der Waals surface area contributed by atoms with Crippen molar-refractivity contribution in [1.29, 1.82) is 0 Å². The van der Waals surface area contributed by atoms with E-state index in [4.69, 9.17) is 17.3 Å². The monoisotopic (exact) mass is 226 g/mol. The Labute approximate surface area is 94.2 Å². The SMILES string of the molecule is CC1(C)CCNc2c(Cl)cc(N)c(O)c21. The highest BCUT2D eigenvalue weighted by atomic mass is 35.5. The van der Waals surface area contributed by atoms with E-state index in [1.54, 1.807) is 6.07 Å². The molecule has 1 aromatic rings. The molecule has 0 spiro atoms. The summed E-state index contributed by atoms with van der Waals surface area (Å²) in [5, 5.41) is 13.8. The van der Waals surface area contributed by atoms with Crippen LogP contribution in [-0.2, 0) is 5.41 Å². The van der Waals surface area contributed by atoms with Crippen LogP contribution in [0.5, 0.6) is 5.75 Å². The first-order valence-electron chi connectivity index (χ1n) is 4.99. The molecular weight excluding hydrogens is 212 g/mol. The fourth-order valence-electron chi connectivity index (χ4n) is 2.12. The molecule has 0 fully saturated rings. The summed E-state index contributed by atoms with van der Waals surface area (Å²) in [6.45, 7) is 5.04. The zero-order chi connectivity index (χ0) is 11.2. The highest BCUT2D eigenvalue weighted by molar-refractivity contribution is 6.34. The summed E-state index contributed by atoms with van der Waals surface area (Å²) in [4.78, 5) is 0. The quantitative estimate of drug-likeness (QED) is 0.471. The second-order valence-electron chi connectivity index (χ2n) is 4.61. The molecule has 15 heavy (non-hydrogen) atoms. The van der Waals surface area contributed by atoms with Crippen LogP contribution in [0.2, 0.25) is 5.02 Å².